The van der Waals surface area contributed by atoms with Crippen molar-refractivity contribution in [3.63, 3.8) is 0 Å². The molecular formula is C45H49N5O7S2. The van der Waals surface area contributed by atoms with Crippen molar-refractivity contribution in [2.45, 2.75) is 87.8 Å². The molecule has 0 amide bonds. The molecule has 59 heavy (non-hydrogen) atoms. The molecule has 6 aromatic rings. The van der Waals surface area contributed by atoms with Gasteiger partial charge in [-0.3, -0.25) is 4.55 Å². The number of phenols is 1. The summed E-state index contributed by atoms with van der Waals surface area (Å²) in [5.74, 6) is -0.166. The van der Waals surface area contributed by atoms with Crippen molar-refractivity contribution in [2.24, 2.45) is 20.5 Å². The summed E-state index contributed by atoms with van der Waals surface area (Å²) in [5, 5.41) is 40.0. The van der Waals surface area contributed by atoms with E-state index >= 15 is 0 Å². The molecule has 6 aromatic carbocycles. The maximum atomic E-state index is 12.3. The molecule has 1 aliphatic rings. The molecule has 0 spiro atoms. The Morgan fingerprint density at radius 3 is 1.85 bits per heavy atom. The van der Waals surface area contributed by atoms with Crippen molar-refractivity contribution in [1.29, 1.82) is 0 Å². The zero-order valence-electron chi connectivity index (χ0n) is 33.4. The lowest BCUT2D eigenvalue weighted by Gasteiger charge is -2.41. The smallest absolute Gasteiger partial charge is 0.294 e. The molecule has 0 aromatic heterocycles. The number of aryl methyl sites for hydroxylation is 2. The second-order valence-electron chi connectivity index (χ2n) is 14.8. The van der Waals surface area contributed by atoms with Crippen LogP contribution in [-0.4, -0.2) is 24.3 Å². The van der Waals surface area contributed by atoms with Gasteiger partial charge in [0.25, 0.3) is 10.1 Å². The van der Waals surface area contributed by atoms with E-state index in [1.165, 1.54) is 68.2 Å². The first-order chi connectivity index (χ1) is 28.5. The molecule has 1 heterocycles. The first kappa shape index (κ1) is 41.9. The fraction of sp³-hybridized carbons (Fsp3) is 0.289. The summed E-state index contributed by atoms with van der Waals surface area (Å²) < 4.78 is 45.3. The number of fused-ring (bicyclic) bond motifs is 2. The topological polar surface area (TPSA) is 164 Å². The van der Waals surface area contributed by atoms with Crippen LogP contribution in [0, 0.1) is 0 Å². The number of azo groups is 2. The van der Waals surface area contributed by atoms with Gasteiger partial charge in [0.1, 0.15) is 0 Å². The van der Waals surface area contributed by atoms with Gasteiger partial charge in [0.2, 0.25) is 0 Å². The third-order valence-electron chi connectivity index (χ3n) is 10.4. The summed E-state index contributed by atoms with van der Waals surface area (Å²) in [6.07, 6.45) is 13.4. The number of aromatic hydroxyl groups is 1. The van der Waals surface area contributed by atoms with Crippen LogP contribution >= 0.6 is 10.6 Å². The van der Waals surface area contributed by atoms with E-state index in [1.807, 2.05) is 36.4 Å². The standard InChI is InChI=1S/C45H49N5O7S2/c1-4-6-8-10-12-31-14-19-34(20-15-31)46-36-23-18-33-28-43(58(3)56-55-57-58)44(45(51)39(33)29-36)50-49-42-27-26-41(38-25-24-37(30-40(38)42)59(52,53)54)48-47-35-21-16-32(17-22-35)13-11-9-7-5-2/h14-30,46,51H,4-13H2,1-3H3,(H,52,53,54). The SMILES string of the molecule is CCCCCCc1ccc(N=Nc2ccc(N=Nc3c(S4(C)OOO4)cc4ccc(Nc5ccc(CCCCCC)cc5)cc4c3O)c3cc(S(=O)(=O)O)ccc23)cc1. The molecule has 0 aliphatic carbocycles. The van der Waals surface area contributed by atoms with Crippen LogP contribution in [0.2, 0.25) is 0 Å². The summed E-state index contributed by atoms with van der Waals surface area (Å²) in [5.41, 5.74) is 5.64. The first-order valence-electron chi connectivity index (χ1n) is 20.0. The van der Waals surface area contributed by atoms with Crippen LogP contribution in [0.5, 0.6) is 5.75 Å². The highest BCUT2D eigenvalue weighted by molar-refractivity contribution is 8.25. The van der Waals surface area contributed by atoms with E-state index in [-0.39, 0.29) is 22.0 Å². The number of benzene rings is 6. The van der Waals surface area contributed by atoms with Gasteiger partial charge in [-0.1, -0.05) is 108 Å². The Kier molecular flexibility index (Phi) is 13.4. The number of phenolic OH excluding ortho intramolecular Hbond substituents is 1. The maximum Gasteiger partial charge on any atom is 0.294 e. The first-order valence-corrected chi connectivity index (χ1v) is 23.3. The minimum absolute atomic E-state index is 0.0829. The zero-order valence-corrected chi connectivity index (χ0v) is 35.1. The molecule has 14 heteroatoms. The lowest BCUT2D eigenvalue weighted by molar-refractivity contribution is -0.470. The fourth-order valence-electron chi connectivity index (χ4n) is 6.99. The van der Waals surface area contributed by atoms with Gasteiger partial charge in [-0.15, -0.1) is 15.3 Å². The highest BCUT2D eigenvalue weighted by Gasteiger charge is 2.36. The Balaban J connectivity index is 1.21. The Morgan fingerprint density at radius 1 is 0.627 bits per heavy atom. The second-order valence-corrected chi connectivity index (χ2v) is 18.5. The predicted octanol–water partition coefficient (Wildman–Crippen LogP) is 14.3. The second kappa shape index (κ2) is 18.8. The van der Waals surface area contributed by atoms with Crippen molar-refractivity contribution in [1.82, 2.24) is 0 Å². The molecule has 0 bridgehead atoms. The van der Waals surface area contributed by atoms with Crippen LogP contribution in [0.1, 0.15) is 76.3 Å². The molecule has 0 atom stereocenters. The van der Waals surface area contributed by atoms with Gasteiger partial charge in [-0.2, -0.15) is 13.5 Å². The Bertz CT molecular complexity index is 2600. The number of nitrogens with one attached hydrogen (secondary N) is 1. The predicted molar refractivity (Wildman–Crippen MR) is 235 cm³/mol. The van der Waals surface area contributed by atoms with E-state index in [4.69, 9.17) is 8.67 Å². The minimum Gasteiger partial charge on any atom is -0.505 e. The van der Waals surface area contributed by atoms with Crippen LogP contribution in [0.15, 0.2) is 133 Å². The molecule has 12 nitrogen and oxygen atoms in total. The van der Waals surface area contributed by atoms with Crippen LogP contribution in [0.3, 0.4) is 0 Å². The minimum atomic E-state index is -4.56. The molecule has 1 saturated heterocycles. The quantitative estimate of drug-likeness (QED) is 0.0333. The molecular weight excluding hydrogens is 787 g/mol. The molecule has 1 aliphatic heterocycles. The zero-order chi connectivity index (χ0) is 41.4. The molecule has 3 N–H and O–H groups in total. The molecule has 0 radical (unpaired) electrons. The largest absolute Gasteiger partial charge is 0.505 e. The number of nitrogens with zero attached hydrogens (tertiary/aromatic N) is 4. The third-order valence-corrected chi connectivity index (χ3v) is 12.9. The van der Waals surface area contributed by atoms with E-state index in [2.05, 4.69) is 81.1 Å². The van der Waals surface area contributed by atoms with E-state index in [9.17, 15) is 18.1 Å². The van der Waals surface area contributed by atoms with Gasteiger partial charge in [0.15, 0.2) is 11.4 Å². The van der Waals surface area contributed by atoms with Crippen LogP contribution < -0.4 is 5.32 Å². The number of rotatable bonds is 18. The number of unbranched alkanes of at least 4 members (excludes halogenated alkanes) is 6. The van der Waals surface area contributed by atoms with Crippen molar-refractivity contribution in [2.75, 3.05) is 11.6 Å². The van der Waals surface area contributed by atoms with Crippen molar-refractivity contribution < 1.29 is 31.8 Å². The van der Waals surface area contributed by atoms with Crippen LogP contribution in [-0.2, 0) is 36.7 Å². The van der Waals surface area contributed by atoms with Gasteiger partial charge in [0.05, 0.1) is 26.9 Å². The summed E-state index contributed by atoms with van der Waals surface area (Å²) >= 11 is 0. The summed E-state index contributed by atoms with van der Waals surface area (Å²) in [7, 11) is -7.01. The van der Waals surface area contributed by atoms with Crippen molar-refractivity contribution >= 4 is 76.4 Å². The summed E-state index contributed by atoms with van der Waals surface area (Å²) in [6.45, 7) is 4.41. The van der Waals surface area contributed by atoms with Gasteiger partial charge >= 0.3 is 0 Å². The van der Waals surface area contributed by atoms with Gasteiger partial charge in [-0.25, -0.2) is 0 Å². The molecule has 0 unspecified atom stereocenters. The highest BCUT2D eigenvalue weighted by Crippen LogP contribution is 2.66. The fourth-order valence-corrected chi connectivity index (χ4v) is 8.70. The molecule has 7 rings (SSSR count). The lowest BCUT2D eigenvalue weighted by atomic mass is 10.1. The molecule has 1 fully saturated rings. The maximum absolute atomic E-state index is 12.3. The Morgan fingerprint density at radius 2 is 1.24 bits per heavy atom. The van der Waals surface area contributed by atoms with Gasteiger partial charge < -0.3 is 10.4 Å². The van der Waals surface area contributed by atoms with E-state index < -0.39 is 20.7 Å². The van der Waals surface area contributed by atoms with Gasteiger partial charge in [0, 0.05) is 33.8 Å². The van der Waals surface area contributed by atoms with E-state index in [1.54, 1.807) is 24.5 Å². The molecule has 0 saturated carbocycles. The third kappa shape index (κ3) is 10.2. The van der Waals surface area contributed by atoms with Crippen molar-refractivity contribution in [3.05, 3.63) is 114 Å². The Labute approximate surface area is 346 Å². The molecule has 308 valence electrons. The lowest BCUT2D eigenvalue weighted by Crippen LogP contribution is -2.18. The van der Waals surface area contributed by atoms with E-state index in [0.29, 0.717) is 37.8 Å². The monoisotopic (exact) mass is 835 g/mol. The van der Waals surface area contributed by atoms with Gasteiger partial charge in [-0.05, 0) is 114 Å². The van der Waals surface area contributed by atoms with Crippen LogP contribution in [0.25, 0.3) is 21.5 Å². The number of anilines is 2. The van der Waals surface area contributed by atoms with E-state index in [0.717, 1.165) is 30.6 Å². The normalized spacial score (nSPS) is 14.6. The number of hydrogen-bond acceptors (Lipinski definition) is 11. The summed E-state index contributed by atoms with van der Waals surface area (Å²) in [6, 6.07) is 31.2. The average Bonchev–Trinajstić information content (AvgIpc) is 3.23. The highest BCUT2D eigenvalue weighted by atomic mass is 32.3. The Hall–Kier alpha value is -5.22. The summed E-state index contributed by atoms with van der Waals surface area (Å²) in [4.78, 5) is 0.0967. The van der Waals surface area contributed by atoms with Crippen LogP contribution in [0.4, 0.5) is 34.1 Å². The average molecular weight is 836 g/mol. The van der Waals surface area contributed by atoms with Crippen molar-refractivity contribution in [3.8, 4) is 5.75 Å². The number of hydrogen-bond donors (Lipinski definition) is 3.